The summed E-state index contributed by atoms with van der Waals surface area (Å²) in [5, 5.41) is 3.51. The van der Waals surface area contributed by atoms with E-state index in [2.05, 4.69) is 10.3 Å². The summed E-state index contributed by atoms with van der Waals surface area (Å²) in [7, 11) is 1.60. The summed E-state index contributed by atoms with van der Waals surface area (Å²) in [4.78, 5) is 14.3. The van der Waals surface area contributed by atoms with Gasteiger partial charge in [0.15, 0.2) is 4.77 Å². The van der Waals surface area contributed by atoms with Crippen LogP contribution in [-0.4, -0.2) is 22.5 Å². The van der Waals surface area contributed by atoms with Crippen LogP contribution in [0.4, 0.5) is 0 Å². The first-order chi connectivity index (χ1) is 8.52. The molecule has 18 heavy (non-hydrogen) atoms. The molecule has 4 nitrogen and oxygen atoms in total. The molecule has 0 aliphatic rings. The smallest absolute Gasteiger partial charge is 0.221 e. The van der Waals surface area contributed by atoms with Crippen LogP contribution in [0.3, 0.4) is 0 Å². The molecule has 1 aromatic carbocycles. The van der Waals surface area contributed by atoms with Gasteiger partial charge in [-0.25, -0.2) is 0 Å². The fourth-order valence-corrected chi connectivity index (χ4v) is 2.33. The maximum atomic E-state index is 11.3. The molecule has 0 bridgehead atoms. The molecule has 0 spiro atoms. The molecule has 0 atom stereocenters. The lowest BCUT2D eigenvalue weighted by Gasteiger charge is -2.04. The Bertz CT molecular complexity index is 662. The Hall–Kier alpha value is -1.04. The summed E-state index contributed by atoms with van der Waals surface area (Å²) in [6.45, 7) is 0.496. The predicted octanol–water partition coefficient (Wildman–Crippen LogP) is 3.14. The maximum absolute atomic E-state index is 11.3. The number of nitrogens with zero attached hydrogens (tertiary/aromatic N) is 1. The molecule has 2 aromatic rings. The van der Waals surface area contributed by atoms with E-state index in [1.807, 2.05) is 4.57 Å². The van der Waals surface area contributed by atoms with Crippen LogP contribution in [0.1, 0.15) is 6.42 Å². The van der Waals surface area contributed by atoms with Gasteiger partial charge in [-0.05, 0) is 24.4 Å². The highest BCUT2D eigenvalue weighted by Crippen LogP contribution is 2.27. The topological polar surface area (TPSA) is 49.8 Å². The van der Waals surface area contributed by atoms with Crippen molar-refractivity contribution in [2.24, 2.45) is 0 Å². The van der Waals surface area contributed by atoms with Gasteiger partial charge in [-0.15, -0.1) is 0 Å². The highest BCUT2D eigenvalue weighted by Gasteiger charge is 2.09. The van der Waals surface area contributed by atoms with E-state index in [-0.39, 0.29) is 5.91 Å². The van der Waals surface area contributed by atoms with Crippen molar-refractivity contribution in [2.45, 2.75) is 13.0 Å². The van der Waals surface area contributed by atoms with Gasteiger partial charge in [0.1, 0.15) is 0 Å². The van der Waals surface area contributed by atoms with Crippen molar-refractivity contribution in [1.82, 2.24) is 14.9 Å². The second-order valence-electron chi connectivity index (χ2n) is 3.79. The van der Waals surface area contributed by atoms with Gasteiger partial charge in [0.05, 0.1) is 21.1 Å². The number of H-pyrrole nitrogens is 1. The van der Waals surface area contributed by atoms with E-state index in [9.17, 15) is 4.79 Å². The number of imidazole rings is 1. The van der Waals surface area contributed by atoms with Gasteiger partial charge in [0.2, 0.25) is 5.91 Å². The quantitative estimate of drug-likeness (QED) is 0.856. The summed E-state index contributed by atoms with van der Waals surface area (Å²) in [6.07, 6.45) is 0.359. The first-order valence-electron chi connectivity index (χ1n) is 5.31. The molecule has 7 heteroatoms. The van der Waals surface area contributed by atoms with E-state index < -0.39 is 0 Å². The van der Waals surface area contributed by atoms with Crippen molar-refractivity contribution >= 4 is 52.4 Å². The number of aryl methyl sites for hydroxylation is 1. The number of hydrogen-bond acceptors (Lipinski definition) is 2. The number of benzene rings is 1. The molecule has 2 rings (SSSR count). The van der Waals surface area contributed by atoms with Crippen LogP contribution in [-0.2, 0) is 11.3 Å². The van der Waals surface area contributed by atoms with Crippen molar-refractivity contribution in [1.29, 1.82) is 0 Å². The van der Waals surface area contributed by atoms with Gasteiger partial charge in [-0.1, -0.05) is 23.2 Å². The van der Waals surface area contributed by atoms with Crippen LogP contribution in [0, 0.1) is 4.77 Å². The van der Waals surface area contributed by atoms with Gasteiger partial charge < -0.3 is 14.9 Å². The highest BCUT2D eigenvalue weighted by molar-refractivity contribution is 7.71. The molecule has 0 saturated carbocycles. The van der Waals surface area contributed by atoms with Crippen LogP contribution in [0.15, 0.2) is 12.1 Å². The average Bonchev–Trinajstić information content (AvgIpc) is 2.62. The van der Waals surface area contributed by atoms with E-state index in [1.165, 1.54) is 0 Å². The monoisotopic (exact) mass is 303 g/mol. The van der Waals surface area contributed by atoms with E-state index in [4.69, 9.17) is 35.4 Å². The number of hydrogen-bond donors (Lipinski definition) is 2. The van der Waals surface area contributed by atoms with Gasteiger partial charge in [0, 0.05) is 20.0 Å². The Morgan fingerprint density at radius 3 is 2.78 bits per heavy atom. The summed E-state index contributed by atoms with van der Waals surface area (Å²) < 4.78 is 2.38. The molecule has 2 N–H and O–H groups in total. The third-order valence-corrected chi connectivity index (χ3v) is 3.70. The Balaban J connectivity index is 2.44. The van der Waals surface area contributed by atoms with Gasteiger partial charge >= 0.3 is 0 Å². The molecule has 1 amide bonds. The maximum Gasteiger partial charge on any atom is 0.221 e. The predicted molar refractivity (Wildman–Crippen MR) is 75.8 cm³/mol. The van der Waals surface area contributed by atoms with Crippen molar-refractivity contribution in [3.05, 3.63) is 26.9 Å². The molecule has 0 saturated heterocycles. The summed E-state index contributed by atoms with van der Waals surface area (Å²) in [6, 6.07) is 3.47. The largest absolute Gasteiger partial charge is 0.359 e. The molecule has 1 aromatic heterocycles. The minimum atomic E-state index is -0.0358. The number of aromatic nitrogens is 2. The van der Waals surface area contributed by atoms with E-state index in [0.717, 1.165) is 11.0 Å². The zero-order chi connectivity index (χ0) is 13.3. The zero-order valence-electron chi connectivity index (χ0n) is 9.59. The Kier molecular flexibility index (Phi) is 3.94. The van der Waals surface area contributed by atoms with Gasteiger partial charge in [-0.2, -0.15) is 0 Å². The van der Waals surface area contributed by atoms with Gasteiger partial charge in [-0.3, -0.25) is 4.79 Å². The fraction of sp³-hybridized carbons (Fsp3) is 0.273. The lowest BCUT2D eigenvalue weighted by atomic mass is 10.3. The van der Waals surface area contributed by atoms with Crippen LogP contribution < -0.4 is 5.32 Å². The second-order valence-corrected chi connectivity index (χ2v) is 4.99. The van der Waals surface area contributed by atoms with Gasteiger partial charge in [0.25, 0.3) is 0 Å². The molecule has 1 heterocycles. The minimum Gasteiger partial charge on any atom is -0.359 e. The third-order valence-electron chi connectivity index (χ3n) is 2.66. The van der Waals surface area contributed by atoms with E-state index in [0.29, 0.717) is 27.8 Å². The van der Waals surface area contributed by atoms with Crippen molar-refractivity contribution in [3.8, 4) is 0 Å². The molecule has 0 radical (unpaired) electrons. The number of nitrogens with one attached hydrogen (secondary N) is 2. The lowest BCUT2D eigenvalue weighted by molar-refractivity contribution is -0.120. The molecule has 0 fully saturated rings. The summed E-state index contributed by atoms with van der Waals surface area (Å²) in [5.41, 5.74) is 1.66. The molecule has 0 aliphatic carbocycles. The molecule has 0 aliphatic heterocycles. The first-order valence-corrected chi connectivity index (χ1v) is 6.47. The SMILES string of the molecule is CNC(=O)CCn1c(=S)[nH]c2cc(Cl)c(Cl)cc21. The second kappa shape index (κ2) is 5.30. The summed E-state index contributed by atoms with van der Waals surface area (Å²) >= 11 is 17.1. The number of carbonyl (C=O) groups is 1. The number of fused-ring (bicyclic) bond motifs is 1. The minimum absolute atomic E-state index is 0.0358. The van der Waals surface area contributed by atoms with Crippen LogP contribution >= 0.6 is 35.4 Å². The van der Waals surface area contributed by atoms with E-state index in [1.54, 1.807) is 19.2 Å². The van der Waals surface area contributed by atoms with Crippen molar-refractivity contribution in [3.63, 3.8) is 0 Å². The van der Waals surface area contributed by atoms with Crippen LogP contribution in [0.5, 0.6) is 0 Å². The number of halogens is 2. The average molecular weight is 304 g/mol. The number of carbonyl (C=O) groups excluding carboxylic acids is 1. The number of rotatable bonds is 3. The molecule has 0 unspecified atom stereocenters. The molecular weight excluding hydrogens is 293 g/mol. The zero-order valence-corrected chi connectivity index (χ0v) is 11.9. The Labute approximate surface area is 119 Å². The molecule has 96 valence electrons. The normalized spacial score (nSPS) is 10.8. The van der Waals surface area contributed by atoms with Crippen molar-refractivity contribution in [2.75, 3.05) is 7.05 Å². The summed E-state index contributed by atoms with van der Waals surface area (Å²) in [5.74, 6) is -0.0358. The first kappa shape index (κ1) is 13.4. The van der Waals surface area contributed by atoms with Crippen LogP contribution in [0.25, 0.3) is 11.0 Å². The third kappa shape index (κ3) is 2.53. The van der Waals surface area contributed by atoms with Crippen molar-refractivity contribution < 1.29 is 4.79 Å². The fourth-order valence-electron chi connectivity index (χ4n) is 1.71. The van der Waals surface area contributed by atoms with Crippen LogP contribution in [0.2, 0.25) is 10.0 Å². The van der Waals surface area contributed by atoms with E-state index >= 15 is 0 Å². The lowest BCUT2D eigenvalue weighted by Crippen LogP contribution is -2.19. The molecular formula is C11H11Cl2N3OS. The number of aromatic amines is 1. The Morgan fingerprint density at radius 2 is 2.11 bits per heavy atom. The number of amides is 1. The highest BCUT2D eigenvalue weighted by atomic mass is 35.5. The Morgan fingerprint density at radius 1 is 1.44 bits per heavy atom. The standard InChI is InChI=1S/C11H11Cl2N3OS/c1-14-10(17)2-3-16-9-5-7(13)6(12)4-8(9)15-11(16)18/h4-5H,2-3H2,1H3,(H,14,17)(H,15,18).